The van der Waals surface area contributed by atoms with Gasteiger partial charge in [0.15, 0.2) is 0 Å². The summed E-state index contributed by atoms with van der Waals surface area (Å²) < 4.78 is 22.0. The van der Waals surface area contributed by atoms with Gasteiger partial charge < -0.3 is 17.8 Å². The van der Waals surface area contributed by atoms with Crippen LogP contribution in [-0.4, -0.2) is 19.5 Å². The highest BCUT2D eigenvalue weighted by Crippen LogP contribution is 2.52. The van der Waals surface area contributed by atoms with Crippen LogP contribution in [0.3, 0.4) is 0 Å². The van der Waals surface area contributed by atoms with Crippen molar-refractivity contribution in [3.63, 3.8) is 0 Å². The number of benzene rings is 19. The first kappa shape index (κ1) is 76.3. The third kappa shape index (κ3) is 13.0. The third-order valence-corrected chi connectivity index (χ3v) is 26.7. The largest absolute Gasteiger partial charge is 0.455 e. The Hall–Kier alpha value is -17.1. The molecule has 7 aromatic heterocycles. The molecule has 131 heavy (non-hydrogen) atoms. The van der Waals surface area contributed by atoms with E-state index in [0.717, 1.165) is 166 Å². The Labute approximate surface area is 755 Å². The van der Waals surface area contributed by atoms with Gasteiger partial charge in [0.25, 0.3) is 0 Å². The Morgan fingerprint density at radius 2 is 0.527 bits per heavy atom. The van der Waals surface area contributed by atoms with Crippen LogP contribution in [0.5, 0.6) is 0 Å². The van der Waals surface area contributed by atoms with Gasteiger partial charge in [-0.15, -0.1) is 0 Å². The number of aromatic nitrogens is 4. The second-order valence-corrected chi connectivity index (χ2v) is 34.7. The van der Waals surface area contributed by atoms with E-state index >= 15 is 0 Å². The maximum atomic E-state index is 6.54. The molecule has 19 aromatic carbocycles. The van der Waals surface area contributed by atoms with Crippen molar-refractivity contribution in [1.82, 2.24) is 19.5 Å². The van der Waals surface area contributed by atoms with Crippen molar-refractivity contribution in [2.75, 3.05) is 0 Å². The Morgan fingerprint density at radius 3 is 0.992 bits per heavy atom. The molecule has 27 rings (SSSR count). The van der Waals surface area contributed by atoms with Crippen molar-refractivity contribution >= 4 is 131 Å². The molecule has 7 heterocycles. The van der Waals surface area contributed by atoms with Crippen molar-refractivity contribution in [2.45, 2.75) is 19.3 Å². The van der Waals surface area contributed by atoms with Crippen LogP contribution < -0.4 is 0 Å². The second-order valence-electron chi connectivity index (χ2n) is 34.7. The lowest BCUT2D eigenvalue weighted by atomic mass is 9.81. The maximum Gasteiger partial charge on any atom is 0.143 e. The van der Waals surface area contributed by atoms with Gasteiger partial charge in [0, 0.05) is 98.0 Å². The van der Waals surface area contributed by atoms with E-state index < -0.39 is 0 Å². The molecule has 0 aliphatic heterocycles. The summed E-state index contributed by atoms with van der Waals surface area (Å²) in [7, 11) is 0. The van der Waals surface area contributed by atoms with E-state index in [-0.39, 0.29) is 5.41 Å². The van der Waals surface area contributed by atoms with Crippen LogP contribution >= 0.6 is 0 Å². The topological polar surface area (TPSA) is 83.0 Å². The molecule has 0 bridgehead atoms. The van der Waals surface area contributed by atoms with Gasteiger partial charge in [-0.2, -0.15) is 0 Å². The molecule has 26 aromatic rings. The first-order valence-corrected chi connectivity index (χ1v) is 44.7. The normalized spacial score (nSPS) is 12.3. The first-order valence-electron chi connectivity index (χ1n) is 44.7. The molecular formula is C124H80N4O3. The van der Waals surface area contributed by atoms with E-state index in [9.17, 15) is 0 Å². The van der Waals surface area contributed by atoms with Crippen LogP contribution in [0.4, 0.5) is 0 Å². The number of fused-ring (bicyclic) bond motifs is 22. The number of hydrogen-bond donors (Lipinski definition) is 0. The second kappa shape index (κ2) is 31.2. The number of hydrogen-bond acceptors (Lipinski definition) is 6. The SMILES string of the molecule is CC1(C)c2ccccc2-c2ccc(-c3cc(-c4ccccc4)nc(-c4cccc5oc6c7ccccc7ccc6c45)c3)cc21.c1ccc(-c2cc(-c3ccc(-c4ccccc4)c4ccccc34)cc(-c3cccc4oc5c6ccccc6ccc5c34)n2)cc1.c1ccc(-c2cc(-n3c4ccccc4c4ccccc43)cc(-c3cccc4oc5c6ccccc6ccc5c34)n2)cc1. The lowest BCUT2D eigenvalue weighted by Crippen LogP contribution is -2.14. The van der Waals surface area contributed by atoms with Gasteiger partial charge in [0.1, 0.15) is 33.5 Å². The van der Waals surface area contributed by atoms with Crippen molar-refractivity contribution in [3.8, 4) is 118 Å². The zero-order chi connectivity index (χ0) is 86.8. The molecule has 7 nitrogen and oxygen atoms in total. The Balaban J connectivity index is 0.000000106. The average molecular weight is 1670 g/mol. The fourth-order valence-electron chi connectivity index (χ4n) is 20.5. The van der Waals surface area contributed by atoms with E-state index in [1.165, 1.54) is 93.2 Å². The fourth-order valence-corrected chi connectivity index (χ4v) is 20.5. The molecule has 614 valence electrons. The van der Waals surface area contributed by atoms with Crippen LogP contribution in [-0.2, 0) is 5.41 Å². The highest BCUT2D eigenvalue weighted by atomic mass is 16.3. The Bertz CT molecular complexity index is 9020. The summed E-state index contributed by atoms with van der Waals surface area (Å²) in [5.74, 6) is 0. The van der Waals surface area contributed by atoms with Crippen LogP contribution in [0.25, 0.3) is 248 Å². The Kier molecular flexibility index (Phi) is 18.2. The van der Waals surface area contributed by atoms with Gasteiger partial charge in [0.05, 0.1) is 50.9 Å². The molecular weight excluding hydrogens is 1590 g/mol. The van der Waals surface area contributed by atoms with Gasteiger partial charge in [-0.05, 0) is 174 Å². The third-order valence-electron chi connectivity index (χ3n) is 26.7. The molecule has 0 amide bonds. The van der Waals surface area contributed by atoms with Crippen molar-refractivity contribution in [2.24, 2.45) is 0 Å². The summed E-state index contributed by atoms with van der Waals surface area (Å²) in [5.41, 5.74) is 33.3. The Morgan fingerprint density at radius 1 is 0.198 bits per heavy atom. The number of nitrogens with zero attached hydrogens (tertiary/aromatic N) is 4. The fraction of sp³-hybridized carbons (Fsp3) is 0.0242. The predicted molar refractivity (Wildman–Crippen MR) is 545 cm³/mol. The number of rotatable bonds is 10. The zero-order valence-electron chi connectivity index (χ0n) is 71.7. The van der Waals surface area contributed by atoms with Gasteiger partial charge in [-0.25, -0.2) is 15.0 Å². The van der Waals surface area contributed by atoms with Crippen LogP contribution in [0, 0.1) is 0 Å². The highest BCUT2D eigenvalue weighted by molar-refractivity contribution is 6.22. The summed E-state index contributed by atoms with van der Waals surface area (Å²) in [5, 5.41) is 18.4. The van der Waals surface area contributed by atoms with Crippen molar-refractivity contribution < 1.29 is 13.3 Å². The minimum Gasteiger partial charge on any atom is -0.455 e. The minimum absolute atomic E-state index is 0.0653. The van der Waals surface area contributed by atoms with Gasteiger partial charge in [-0.3, -0.25) is 0 Å². The minimum atomic E-state index is -0.0653. The number of furan rings is 3. The van der Waals surface area contributed by atoms with Crippen LogP contribution in [0.2, 0.25) is 0 Å². The lowest BCUT2D eigenvalue weighted by molar-refractivity contribution is 0.660. The molecule has 0 fully saturated rings. The van der Waals surface area contributed by atoms with E-state index in [0.29, 0.717) is 0 Å². The number of pyridine rings is 3. The van der Waals surface area contributed by atoms with Gasteiger partial charge >= 0.3 is 0 Å². The van der Waals surface area contributed by atoms with E-state index in [4.69, 9.17) is 28.2 Å². The molecule has 0 unspecified atom stereocenters. The molecule has 1 aliphatic rings. The smallest absolute Gasteiger partial charge is 0.143 e. The zero-order valence-corrected chi connectivity index (χ0v) is 71.7. The molecule has 0 spiro atoms. The first-order chi connectivity index (χ1) is 64.7. The molecule has 0 saturated carbocycles. The monoisotopic (exact) mass is 1670 g/mol. The van der Waals surface area contributed by atoms with E-state index in [2.05, 4.69) is 455 Å². The number of para-hydroxylation sites is 2. The summed E-state index contributed by atoms with van der Waals surface area (Å²) in [6, 6.07) is 159. The van der Waals surface area contributed by atoms with E-state index in [1.807, 2.05) is 12.1 Å². The standard InChI is InChI=1S/C43H27NO.C42H29NO.C39H24N2O/c1-3-12-28(13-4-1)32-24-25-33(36-19-10-9-18-35(32)36)31-26-39(30-15-5-2-6-16-30)44-40(27-31)37-20-11-21-41-42(37)38-23-22-29-14-7-8-17-34(29)43(38)45-41;1-42(2)35-17-9-8-15-31(35)32-21-20-28(23-36(32)42)29-24-37(27-12-4-3-5-13-27)43-38(25-29)33-16-10-18-39-40(33)34-22-19-26-11-6-7-14-30(26)41(34)44-39;1-2-12-26(13-3-1)33-23-27(41-35-18-8-6-15-29(35)30-16-7-9-19-36(30)41)24-34(40-33)31-17-10-20-37-38(31)32-22-21-25-11-4-5-14-28(25)39(32)42-37/h1-27H;3-25H,1-2H3;1-24H. The quantitative estimate of drug-likeness (QED) is 0.136. The summed E-state index contributed by atoms with van der Waals surface area (Å²) in [6.45, 7) is 4.67. The van der Waals surface area contributed by atoms with Crippen LogP contribution in [0.1, 0.15) is 25.0 Å². The molecule has 0 atom stereocenters. The molecule has 0 N–H and O–H groups in total. The molecule has 0 saturated heterocycles. The molecule has 7 heteroatoms. The highest BCUT2D eigenvalue weighted by Gasteiger charge is 2.36. The molecule has 1 aliphatic carbocycles. The summed E-state index contributed by atoms with van der Waals surface area (Å²) >= 11 is 0. The van der Waals surface area contributed by atoms with E-state index in [1.54, 1.807) is 0 Å². The summed E-state index contributed by atoms with van der Waals surface area (Å²) in [4.78, 5) is 15.9. The molecule has 0 radical (unpaired) electrons. The average Bonchev–Trinajstić information content (AvgIpc) is 1.74. The lowest BCUT2D eigenvalue weighted by Gasteiger charge is -2.22. The maximum absolute atomic E-state index is 6.54. The van der Waals surface area contributed by atoms with Gasteiger partial charge in [0.2, 0.25) is 0 Å². The van der Waals surface area contributed by atoms with Crippen molar-refractivity contribution in [1.29, 1.82) is 0 Å². The van der Waals surface area contributed by atoms with Gasteiger partial charge in [-0.1, -0.05) is 372 Å². The predicted octanol–water partition coefficient (Wildman–Crippen LogP) is 34.0. The van der Waals surface area contributed by atoms with Crippen LogP contribution in [0.15, 0.2) is 462 Å². The van der Waals surface area contributed by atoms with Crippen molar-refractivity contribution in [3.05, 3.63) is 460 Å². The summed E-state index contributed by atoms with van der Waals surface area (Å²) in [6.07, 6.45) is 0.